The topological polar surface area (TPSA) is 145 Å². The Morgan fingerprint density at radius 1 is 0.767 bits per heavy atom. The fourth-order valence-electron chi connectivity index (χ4n) is 1.97. The predicted octanol–water partition coefficient (Wildman–Crippen LogP) is -0.266. The molecule has 0 N–H and O–H groups in total. The van der Waals surface area contributed by atoms with Crippen molar-refractivity contribution >= 4 is 29.7 Å². The third-order valence-corrected chi connectivity index (χ3v) is 3.26. The molecule has 0 aliphatic carbocycles. The van der Waals surface area contributed by atoms with Gasteiger partial charge >= 0.3 is 35.0 Å². The Labute approximate surface area is 168 Å². The van der Waals surface area contributed by atoms with Gasteiger partial charge in [-0.05, 0) is 20.1 Å². The van der Waals surface area contributed by atoms with Gasteiger partial charge < -0.3 is 14.2 Å². The van der Waals surface area contributed by atoms with E-state index in [0.29, 0.717) is 4.57 Å². The fourth-order valence-corrected chi connectivity index (χ4v) is 1.97. The summed E-state index contributed by atoms with van der Waals surface area (Å²) in [5.41, 5.74) is -4.20. The van der Waals surface area contributed by atoms with Crippen molar-refractivity contribution in [3.05, 3.63) is 82.6 Å². The van der Waals surface area contributed by atoms with Crippen molar-refractivity contribution in [3.63, 3.8) is 0 Å². The van der Waals surface area contributed by atoms with Gasteiger partial charge in [-0.1, -0.05) is 19.7 Å². The fraction of sp³-hybridized carbons (Fsp3) is 0.111. The molecule has 1 aromatic rings. The van der Waals surface area contributed by atoms with Crippen molar-refractivity contribution in [1.82, 2.24) is 13.7 Å². The van der Waals surface area contributed by atoms with Gasteiger partial charge in [-0.15, -0.1) is 0 Å². The number of aromatic nitrogens is 3. The van der Waals surface area contributed by atoms with Crippen LogP contribution in [0.15, 0.2) is 65.5 Å². The summed E-state index contributed by atoms with van der Waals surface area (Å²) < 4.78 is 14.8. The Morgan fingerprint density at radius 3 is 1.47 bits per heavy atom. The first-order valence-electron chi connectivity index (χ1n) is 7.90. The lowest BCUT2D eigenvalue weighted by Gasteiger charge is -2.18. The molecule has 0 saturated carbocycles. The van der Waals surface area contributed by atoms with Crippen LogP contribution in [0.4, 0.5) is 0 Å². The third kappa shape index (κ3) is 4.86. The van der Waals surface area contributed by atoms with Gasteiger partial charge in [0.25, 0.3) is 0 Å². The molecule has 1 unspecified atom stereocenters. The van der Waals surface area contributed by atoms with E-state index in [1.807, 2.05) is 0 Å². The SMILES string of the molecule is C=CC(=O)OC(=C)n1c(=O)n(C(=C)OC(=O)C=C)c(=O)n(C(C)OC(=O)C=C)c1=O. The first-order chi connectivity index (χ1) is 14.0. The molecule has 1 aromatic heterocycles. The maximum absolute atomic E-state index is 12.8. The number of hydrogen-bond donors (Lipinski definition) is 0. The van der Waals surface area contributed by atoms with Crippen molar-refractivity contribution in [3.8, 4) is 0 Å². The first-order valence-corrected chi connectivity index (χ1v) is 7.90. The highest BCUT2D eigenvalue weighted by Crippen LogP contribution is 2.05. The molecule has 12 heteroatoms. The highest BCUT2D eigenvalue weighted by molar-refractivity contribution is 5.84. The van der Waals surface area contributed by atoms with E-state index in [1.54, 1.807) is 0 Å². The summed E-state index contributed by atoms with van der Waals surface area (Å²) in [6.07, 6.45) is 0.652. The van der Waals surface area contributed by atoms with Gasteiger partial charge in [0.05, 0.1) is 0 Å². The zero-order valence-corrected chi connectivity index (χ0v) is 15.9. The Balaban J connectivity index is 3.87. The minimum atomic E-state index is -1.57. The Morgan fingerprint density at radius 2 is 1.13 bits per heavy atom. The highest BCUT2D eigenvalue weighted by Gasteiger charge is 2.25. The molecule has 12 nitrogen and oxygen atoms in total. The maximum atomic E-state index is 12.8. The van der Waals surface area contributed by atoms with Crippen molar-refractivity contribution in [2.45, 2.75) is 13.2 Å². The number of ether oxygens (including phenoxy) is 3. The lowest BCUT2D eigenvalue weighted by atomic mass is 10.5. The number of carbonyl (C=O) groups is 3. The summed E-state index contributed by atoms with van der Waals surface area (Å²) >= 11 is 0. The molecular weight excluding hydrogens is 402 g/mol. The third-order valence-electron chi connectivity index (χ3n) is 3.26. The van der Waals surface area contributed by atoms with E-state index in [0.717, 1.165) is 25.2 Å². The largest absolute Gasteiger partial charge is 0.438 e. The van der Waals surface area contributed by atoms with Crippen LogP contribution in [-0.2, 0) is 28.6 Å². The standard InChI is InChI=1S/C18H17N3O9/c1-7-13(22)28-10(4)19-16(25)20(11(5)29-14(23)8-2)18(27)21(17(19)26)12(6)30-15(24)9-3/h7-9,12H,1-5H2,6H3. The van der Waals surface area contributed by atoms with Gasteiger partial charge in [0.2, 0.25) is 11.8 Å². The Bertz CT molecular complexity index is 1070. The molecule has 0 aromatic carbocycles. The van der Waals surface area contributed by atoms with Crippen LogP contribution in [0.3, 0.4) is 0 Å². The molecule has 0 bridgehead atoms. The summed E-state index contributed by atoms with van der Waals surface area (Å²) in [6, 6.07) is 0. The average Bonchev–Trinajstić information content (AvgIpc) is 2.67. The first kappa shape index (κ1) is 23.6. The Hall–Kier alpha value is -4.48. The number of carbonyl (C=O) groups excluding carboxylic acids is 3. The lowest BCUT2D eigenvalue weighted by molar-refractivity contribution is -0.146. The molecule has 1 rings (SSSR count). The van der Waals surface area contributed by atoms with Gasteiger partial charge in [0.15, 0.2) is 6.23 Å². The lowest BCUT2D eigenvalue weighted by Crippen LogP contribution is -2.55. The molecule has 0 fully saturated rings. The van der Waals surface area contributed by atoms with Gasteiger partial charge in [-0.2, -0.15) is 9.13 Å². The van der Waals surface area contributed by atoms with E-state index in [9.17, 15) is 28.8 Å². The minimum Gasteiger partial charge on any atom is -0.438 e. The van der Waals surface area contributed by atoms with Crippen LogP contribution >= 0.6 is 0 Å². The van der Waals surface area contributed by atoms with E-state index in [4.69, 9.17) is 4.74 Å². The molecule has 1 heterocycles. The maximum Gasteiger partial charge on any atom is 0.350 e. The zero-order chi connectivity index (χ0) is 23.2. The monoisotopic (exact) mass is 419 g/mol. The van der Waals surface area contributed by atoms with E-state index in [2.05, 4.69) is 42.4 Å². The number of nitrogens with zero attached hydrogens (tertiary/aromatic N) is 3. The second-order valence-electron chi connectivity index (χ2n) is 5.17. The average molecular weight is 419 g/mol. The second-order valence-corrected chi connectivity index (χ2v) is 5.17. The van der Waals surface area contributed by atoms with Gasteiger partial charge in [0, 0.05) is 18.2 Å². The molecule has 0 aliphatic rings. The number of hydrogen-bond acceptors (Lipinski definition) is 9. The molecule has 0 aliphatic heterocycles. The van der Waals surface area contributed by atoms with Gasteiger partial charge in [-0.3, -0.25) is 0 Å². The van der Waals surface area contributed by atoms with Crippen LogP contribution in [0, 0.1) is 0 Å². The van der Waals surface area contributed by atoms with Gasteiger partial charge in [-0.25, -0.2) is 33.3 Å². The summed E-state index contributed by atoms with van der Waals surface area (Å²) in [5.74, 6) is -4.77. The van der Waals surface area contributed by atoms with Gasteiger partial charge in [0.1, 0.15) is 0 Å². The van der Waals surface area contributed by atoms with Crippen molar-refractivity contribution in [2.75, 3.05) is 0 Å². The van der Waals surface area contributed by atoms with E-state index in [-0.39, 0.29) is 9.13 Å². The van der Waals surface area contributed by atoms with Crippen LogP contribution < -0.4 is 17.1 Å². The van der Waals surface area contributed by atoms with E-state index >= 15 is 0 Å². The summed E-state index contributed by atoms with van der Waals surface area (Å²) in [6.45, 7) is 17.2. The molecule has 0 spiro atoms. The number of esters is 3. The van der Waals surface area contributed by atoms with E-state index < -0.39 is 53.0 Å². The van der Waals surface area contributed by atoms with Crippen molar-refractivity contribution in [1.29, 1.82) is 0 Å². The predicted molar refractivity (Wildman–Crippen MR) is 103 cm³/mol. The summed E-state index contributed by atoms with van der Waals surface area (Å²) in [4.78, 5) is 72.5. The molecule has 0 amide bonds. The molecule has 1 atom stereocenters. The van der Waals surface area contributed by atoms with Crippen molar-refractivity contribution in [2.24, 2.45) is 0 Å². The van der Waals surface area contributed by atoms with Crippen LogP contribution in [0.25, 0.3) is 11.8 Å². The highest BCUT2D eigenvalue weighted by atomic mass is 16.6. The number of rotatable bonds is 9. The smallest absolute Gasteiger partial charge is 0.350 e. The van der Waals surface area contributed by atoms with Crippen molar-refractivity contribution < 1.29 is 28.6 Å². The Kier molecular flexibility index (Phi) is 7.57. The second kappa shape index (κ2) is 9.64. The quantitative estimate of drug-likeness (QED) is 0.229. The van der Waals surface area contributed by atoms with Crippen LogP contribution in [0.2, 0.25) is 0 Å². The summed E-state index contributed by atoms with van der Waals surface area (Å²) in [5, 5.41) is 0. The van der Waals surface area contributed by atoms with Crippen LogP contribution in [0.1, 0.15) is 13.2 Å². The molecule has 0 saturated heterocycles. The zero-order valence-electron chi connectivity index (χ0n) is 15.9. The minimum absolute atomic E-state index is 0.161. The van der Waals surface area contributed by atoms with Crippen LogP contribution in [0.5, 0.6) is 0 Å². The normalized spacial score (nSPS) is 10.8. The van der Waals surface area contributed by atoms with Crippen LogP contribution in [-0.4, -0.2) is 31.6 Å². The molecule has 30 heavy (non-hydrogen) atoms. The molecule has 158 valence electrons. The van der Waals surface area contributed by atoms with E-state index in [1.165, 1.54) is 0 Å². The molecular formula is C18H17N3O9. The summed E-state index contributed by atoms with van der Waals surface area (Å²) in [7, 11) is 0. The molecule has 0 radical (unpaired) electrons.